The van der Waals surface area contributed by atoms with Gasteiger partial charge in [0.2, 0.25) is 0 Å². The van der Waals surface area contributed by atoms with Gasteiger partial charge in [-0.1, -0.05) is 11.6 Å². The van der Waals surface area contributed by atoms with Crippen molar-refractivity contribution in [2.75, 3.05) is 0 Å². The first-order chi connectivity index (χ1) is 8.72. The number of halogens is 1. The highest BCUT2D eigenvalue weighted by Gasteiger charge is 2.02. The van der Waals surface area contributed by atoms with E-state index in [0.717, 1.165) is 22.4 Å². The van der Waals surface area contributed by atoms with E-state index in [1.54, 1.807) is 12.1 Å². The van der Waals surface area contributed by atoms with Crippen molar-refractivity contribution in [1.29, 1.82) is 0 Å². The van der Waals surface area contributed by atoms with E-state index < -0.39 is 0 Å². The van der Waals surface area contributed by atoms with E-state index in [2.05, 4.69) is 5.10 Å². The van der Waals surface area contributed by atoms with E-state index in [1.165, 1.54) is 0 Å². The molecule has 3 rings (SSSR count). The van der Waals surface area contributed by atoms with E-state index >= 15 is 0 Å². The minimum Gasteiger partial charge on any atom is -0.457 e. The van der Waals surface area contributed by atoms with E-state index in [9.17, 15) is 0 Å². The highest BCUT2D eigenvalue weighted by molar-refractivity contribution is 6.30. The van der Waals surface area contributed by atoms with Crippen molar-refractivity contribution in [3.8, 4) is 11.5 Å². The molecule has 0 aliphatic carbocycles. The Morgan fingerprint density at radius 2 is 1.78 bits per heavy atom. The summed E-state index contributed by atoms with van der Waals surface area (Å²) in [6.45, 7) is 0. The lowest BCUT2D eigenvalue weighted by atomic mass is 10.2. The van der Waals surface area contributed by atoms with Gasteiger partial charge in [-0.05, 0) is 36.4 Å². The van der Waals surface area contributed by atoms with Gasteiger partial charge in [0.05, 0.1) is 11.7 Å². The van der Waals surface area contributed by atoms with E-state index in [0.29, 0.717) is 5.02 Å². The number of hydrogen-bond donors (Lipinski definition) is 0. The first-order valence-electron chi connectivity index (χ1n) is 5.57. The van der Waals surface area contributed by atoms with Gasteiger partial charge in [-0.2, -0.15) is 5.10 Å². The van der Waals surface area contributed by atoms with Gasteiger partial charge in [0.15, 0.2) is 0 Å². The molecule has 90 valence electrons. The standard InChI is InChI=1S/C14H11ClN2O/c1-17-14-8-13(5-2-10(14)9-16-17)18-12-6-3-11(15)4-7-12/h2-9H,1H3. The molecule has 0 radical (unpaired) electrons. The third-order valence-electron chi connectivity index (χ3n) is 2.77. The smallest absolute Gasteiger partial charge is 0.129 e. The maximum absolute atomic E-state index is 5.83. The molecule has 0 aliphatic rings. The SMILES string of the molecule is Cn1ncc2ccc(Oc3ccc(Cl)cc3)cc21. The van der Waals surface area contributed by atoms with Crippen LogP contribution in [-0.2, 0) is 7.05 Å². The molecular formula is C14H11ClN2O. The normalized spacial score (nSPS) is 10.8. The van der Waals surface area contributed by atoms with E-state index in [4.69, 9.17) is 16.3 Å². The maximum atomic E-state index is 5.83. The Labute approximate surface area is 110 Å². The van der Waals surface area contributed by atoms with Crippen molar-refractivity contribution in [1.82, 2.24) is 9.78 Å². The zero-order valence-corrected chi connectivity index (χ0v) is 10.6. The Kier molecular flexibility index (Phi) is 2.68. The van der Waals surface area contributed by atoms with Gasteiger partial charge < -0.3 is 4.74 Å². The van der Waals surface area contributed by atoms with Crippen LogP contribution in [-0.4, -0.2) is 9.78 Å². The number of fused-ring (bicyclic) bond motifs is 1. The summed E-state index contributed by atoms with van der Waals surface area (Å²) in [5, 5.41) is 6.00. The molecule has 0 unspecified atom stereocenters. The Morgan fingerprint density at radius 3 is 2.56 bits per heavy atom. The molecule has 2 aromatic carbocycles. The van der Waals surface area contributed by atoms with E-state index in [1.807, 2.05) is 48.3 Å². The second kappa shape index (κ2) is 4.35. The number of aryl methyl sites for hydroxylation is 1. The van der Waals surface area contributed by atoms with Gasteiger partial charge >= 0.3 is 0 Å². The van der Waals surface area contributed by atoms with Crippen LogP contribution in [0.4, 0.5) is 0 Å². The largest absolute Gasteiger partial charge is 0.457 e. The maximum Gasteiger partial charge on any atom is 0.129 e. The minimum atomic E-state index is 0.699. The molecule has 0 spiro atoms. The predicted octanol–water partition coefficient (Wildman–Crippen LogP) is 4.02. The molecule has 0 atom stereocenters. The summed E-state index contributed by atoms with van der Waals surface area (Å²) >= 11 is 5.83. The summed E-state index contributed by atoms with van der Waals surface area (Å²) < 4.78 is 7.59. The highest BCUT2D eigenvalue weighted by Crippen LogP contribution is 2.26. The monoisotopic (exact) mass is 258 g/mol. The van der Waals surface area contributed by atoms with Crippen LogP contribution in [0.5, 0.6) is 11.5 Å². The molecule has 0 aliphatic heterocycles. The molecule has 0 saturated carbocycles. The fraction of sp³-hybridized carbons (Fsp3) is 0.0714. The number of aromatic nitrogens is 2. The van der Waals surface area contributed by atoms with Crippen LogP contribution in [0.2, 0.25) is 5.02 Å². The van der Waals surface area contributed by atoms with Crippen molar-refractivity contribution < 1.29 is 4.74 Å². The third kappa shape index (κ3) is 2.05. The van der Waals surface area contributed by atoms with Crippen molar-refractivity contribution in [3.05, 3.63) is 53.7 Å². The minimum absolute atomic E-state index is 0.699. The zero-order valence-electron chi connectivity index (χ0n) is 9.80. The van der Waals surface area contributed by atoms with Gasteiger partial charge in [-0.15, -0.1) is 0 Å². The highest BCUT2D eigenvalue weighted by atomic mass is 35.5. The van der Waals surface area contributed by atoms with Crippen molar-refractivity contribution >= 4 is 22.5 Å². The number of rotatable bonds is 2. The lowest BCUT2D eigenvalue weighted by Gasteiger charge is -2.06. The predicted molar refractivity (Wildman–Crippen MR) is 72.2 cm³/mol. The van der Waals surface area contributed by atoms with Crippen molar-refractivity contribution in [3.63, 3.8) is 0 Å². The summed E-state index contributed by atoms with van der Waals surface area (Å²) in [4.78, 5) is 0. The van der Waals surface area contributed by atoms with Crippen LogP contribution >= 0.6 is 11.6 Å². The Bertz CT molecular complexity index is 689. The lowest BCUT2D eigenvalue weighted by Crippen LogP contribution is -1.89. The molecule has 0 bridgehead atoms. The van der Waals surface area contributed by atoms with Gasteiger partial charge in [0.25, 0.3) is 0 Å². The molecule has 0 amide bonds. The molecule has 1 heterocycles. The van der Waals surface area contributed by atoms with Gasteiger partial charge in [-0.3, -0.25) is 4.68 Å². The molecule has 0 saturated heterocycles. The van der Waals surface area contributed by atoms with Crippen LogP contribution in [0.25, 0.3) is 10.9 Å². The topological polar surface area (TPSA) is 27.1 Å². The van der Waals surface area contributed by atoms with Crippen LogP contribution < -0.4 is 4.74 Å². The molecule has 4 heteroatoms. The molecular weight excluding hydrogens is 248 g/mol. The second-order valence-electron chi connectivity index (χ2n) is 4.04. The molecule has 3 aromatic rings. The Balaban J connectivity index is 1.94. The fourth-order valence-electron chi connectivity index (χ4n) is 1.83. The lowest BCUT2D eigenvalue weighted by molar-refractivity contribution is 0.483. The third-order valence-corrected chi connectivity index (χ3v) is 3.02. The first kappa shape index (κ1) is 11.1. The fourth-order valence-corrected chi connectivity index (χ4v) is 1.95. The quantitative estimate of drug-likeness (QED) is 0.694. The molecule has 3 nitrogen and oxygen atoms in total. The number of benzene rings is 2. The van der Waals surface area contributed by atoms with Crippen LogP contribution in [0.1, 0.15) is 0 Å². The number of hydrogen-bond acceptors (Lipinski definition) is 2. The van der Waals surface area contributed by atoms with Gasteiger partial charge in [-0.25, -0.2) is 0 Å². The van der Waals surface area contributed by atoms with Crippen molar-refractivity contribution in [2.45, 2.75) is 0 Å². The van der Waals surface area contributed by atoms with Crippen LogP contribution in [0, 0.1) is 0 Å². The second-order valence-corrected chi connectivity index (χ2v) is 4.48. The van der Waals surface area contributed by atoms with Gasteiger partial charge in [0, 0.05) is 23.5 Å². The zero-order chi connectivity index (χ0) is 12.5. The summed E-state index contributed by atoms with van der Waals surface area (Å²) in [6.07, 6.45) is 1.83. The summed E-state index contributed by atoms with van der Waals surface area (Å²) in [5.74, 6) is 1.55. The van der Waals surface area contributed by atoms with Crippen LogP contribution in [0.3, 0.4) is 0 Å². The summed E-state index contributed by atoms with van der Waals surface area (Å²) in [6, 6.07) is 13.2. The summed E-state index contributed by atoms with van der Waals surface area (Å²) in [5.41, 5.74) is 1.04. The van der Waals surface area contributed by atoms with Gasteiger partial charge in [0.1, 0.15) is 11.5 Å². The van der Waals surface area contributed by atoms with Crippen molar-refractivity contribution in [2.24, 2.45) is 7.05 Å². The molecule has 0 N–H and O–H groups in total. The van der Waals surface area contributed by atoms with Crippen LogP contribution in [0.15, 0.2) is 48.7 Å². The Morgan fingerprint density at radius 1 is 1.06 bits per heavy atom. The number of ether oxygens (including phenoxy) is 1. The van der Waals surface area contributed by atoms with E-state index in [-0.39, 0.29) is 0 Å². The first-order valence-corrected chi connectivity index (χ1v) is 5.95. The average molecular weight is 259 g/mol. The average Bonchev–Trinajstić information content (AvgIpc) is 2.74. The summed E-state index contributed by atoms with van der Waals surface area (Å²) in [7, 11) is 1.91. The molecule has 1 aromatic heterocycles. The number of nitrogens with zero attached hydrogens (tertiary/aromatic N) is 2. The molecule has 18 heavy (non-hydrogen) atoms. The molecule has 0 fully saturated rings. The Hall–Kier alpha value is -2.00.